The van der Waals surface area contributed by atoms with Crippen molar-refractivity contribution in [3.05, 3.63) is 90.5 Å². The summed E-state index contributed by atoms with van der Waals surface area (Å²) < 4.78 is 14.4. The number of hydrogen-bond donors (Lipinski definition) is 2. The van der Waals surface area contributed by atoms with Gasteiger partial charge in [-0.15, -0.1) is 0 Å². The molecule has 0 spiro atoms. The summed E-state index contributed by atoms with van der Waals surface area (Å²) in [6.07, 6.45) is 0. The summed E-state index contributed by atoms with van der Waals surface area (Å²) in [5.41, 5.74) is 4.02. The van der Waals surface area contributed by atoms with Crippen LogP contribution in [0, 0.1) is 0 Å². The van der Waals surface area contributed by atoms with Crippen molar-refractivity contribution in [2.24, 2.45) is 0 Å². The van der Waals surface area contributed by atoms with E-state index in [1.165, 1.54) is 25.0 Å². The number of hydrogen-bond acceptors (Lipinski definition) is 5. The van der Waals surface area contributed by atoms with E-state index in [1.54, 1.807) is 18.2 Å². The van der Waals surface area contributed by atoms with Crippen LogP contribution in [0.3, 0.4) is 0 Å². The number of amides is 2. The smallest absolute Gasteiger partial charge is 0.309 e. The average molecular weight is 559 g/mol. The van der Waals surface area contributed by atoms with E-state index in [-0.39, 0.29) is 31.4 Å². The zero-order valence-corrected chi connectivity index (χ0v) is 23.2. The molecule has 42 heavy (non-hydrogen) atoms. The topological polar surface area (TPSA) is 97.8 Å². The first-order valence-electron chi connectivity index (χ1n) is 13.7. The van der Waals surface area contributed by atoms with Gasteiger partial charge in [0.25, 0.3) is 11.8 Å². The van der Waals surface area contributed by atoms with E-state index < -0.39 is 0 Å². The summed E-state index contributed by atoms with van der Waals surface area (Å²) in [4.78, 5) is 25.8. The maximum atomic E-state index is 13.1. The number of carbonyl (C=O) groups is 2. The largest absolute Gasteiger partial charge is 0.497 e. The lowest BCUT2D eigenvalue weighted by Gasteiger charge is -2.10. The highest BCUT2D eigenvalue weighted by atomic mass is 16.5. The van der Waals surface area contributed by atoms with Gasteiger partial charge in [0.05, 0.1) is 14.2 Å². The molecule has 0 atom stereocenters. The molecule has 0 aliphatic carbocycles. The Morgan fingerprint density at radius 1 is 0.810 bits per heavy atom. The highest BCUT2D eigenvalue weighted by Gasteiger charge is 2.25. The molecule has 0 aliphatic rings. The Morgan fingerprint density at radius 2 is 1.52 bits per heavy atom. The minimum Gasteiger partial charge on any atom is -0.497 e. The molecule has 2 heterocycles. The molecule has 208 valence electrons. The molecule has 7 rings (SSSR count). The number of nitrogens with one attached hydrogen (secondary N) is 2. The molecule has 0 bridgehead atoms. The Morgan fingerprint density at radius 3 is 2.29 bits per heavy atom. The molecule has 0 fully saturated rings. The third kappa shape index (κ3) is 4.17. The molecular formula is C33H28N5O4+. The second-order valence-electron chi connectivity index (χ2n) is 10.2. The van der Waals surface area contributed by atoms with Crippen LogP contribution in [-0.4, -0.2) is 48.7 Å². The van der Waals surface area contributed by atoms with Crippen molar-refractivity contribution in [1.29, 1.82) is 0 Å². The molecule has 5 aromatic carbocycles. The van der Waals surface area contributed by atoms with Gasteiger partial charge in [0.1, 0.15) is 17.0 Å². The first kappa shape index (κ1) is 25.5. The summed E-state index contributed by atoms with van der Waals surface area (Å²) in [5.74, 6) is 0.604. The third-order valence-corrected chi connectivity index (χ3v) is 7.72. The van der Waals surface area contributed by atoms with Crippen LogP contribution in [0.15, 0.2) is 84.9 Å². The lowest BCUT2D eigenvalue weighted by Crippen LogP contribution is -2.44. The van der Waals surface area contributed by atoms with Gasteiger partial charge in [-0.1, -0.05) is 58.1 Å². The van der Waals surface area contributed by atoms with Crippen molar-refractivity contribution >= 4 is 60.9 Å². The first-order valence-corrected chi connectivity index (χ1v) is 13.7. The van der Waals surface area contributed by atoms with Crippen molar-refractivity contribution in [1.82, 2.24) is 20.2 Å². The van der Waals surface area contributed by atoms with Gasteiger partial charge in [-0.05, 0) is 40.4 Å². The van der Waals surface area contributed by atoms with Crippen molar-refractivity contribution in [2.45, 2.75) is 6.54 Å². The molecule has 9 heteroatoms. The third-order valence-electron chi connectivity index (χ3n) is 7.72. The van der Waals surface area contributed by atoms with Gasteiger partial charge in [0, 0.05) is 41.6 Å². The van der Waals surface area contributed by atoms with Gasteiger partial charge in [-0.2, -0.15) is 0 Å². The van der Waals surface area contributed by atoms with Crippen LogP contribution in [-0.2, 0) is 11.3 Å². The summed E-state index contributed by atoms with van der Waals surface area (Å²) in [7, 11) is 3.06. The minimum absolute atomic E-state index is 0.107. The summed E-state index contributed by atoms with van der Waals surface area (Å²) >= 11 is 0. The zero-order chi connectivity index (χ0) is 28.8. The number of benzene rings is 4. The van der Waals surface area contributed by atoms with Crippen molar-refractivity contribution in [3.63, 3.8) is 0 Å². The van der Waals surface area contributed by atoms with Crippen LogP contribution in [0.2, 0.25) is 0 Å². The number of imidazole rings is 1. The molecule has 0 saturated heterocycles. The van der Waals surface area contributed by atoms with E-state index in [4.69, 9.17) is 14.6 Å². The highest BCUT2D eigenvalue weighted by molar-refractivity contribution is 6.29. The predicted molar refractivity (Wildman–Crippen MR) is 161 cm³/mol. The average Bonchev–Trinajstić information content (AvgIpc) is 3.51. The summed E-state index contributed by atoms with van der Waals surface area (Å²) in [6.45, 7) is 0.653. The normalized spacial score (nSPS) is 11.6. The number of methoxy groups -OCH3 is 2. The fraction of sp³-hybridized carbons (Fsp3) is 0.152. The van der Waals surface area contributed by atoms with E-state index in [0.717, 1.165) is 38.4 Å². The Kier molecular flexibility index (Phi) is 6.19. The molecule has 2 amide bonds. The van der Waals surface area contributed by atoms with Gasteiger partial charge >= 0.3 is 5.65 Å². The van der Waals surface area contributed by atoms with Crippen molar-refractivity contribution in [2.75, 3.05) is 27.3 Å². The molecule has 0 saturated carbocycles. The Bertz CT molecular complexity index is 2130. The van der Waals surface area contributed by atoms with Gasteiger partial charge < -0.3 is 20.1 Å². The van der Waals surface area contributed by atoms with Crippen molar-refractivity contribution < 1.29 is 23.6 Å². The Balaban J connectivity index is 1.14. The highest BCUT2D eigenvalue weighted by Crippen LogP contribution is 2.37. The summed E-state index contributed by atoms with van der Waals surface area (Å²) in [6, 6.07) is 27.7. The van der Waals surface area contributed by atoms with E-state index >= 15 is 0 Å². The fourth-order valence-corrected chi connectivity index (χ4v) is 5.78. The lowest BCUT2D eigenvalue weighted by molar-refractivity contribution is -0.632. The number of carbonyl (C=O) groups excluding carboxylic acids is 2. The van der Waals surface area contributed by atoms with E-state index in [9.17, 15) is 9.59 Å². The number of ether oxygens (including phenoxy) is 2. The summed E-state index contributed by atoms with van der Waals surface area (Å²) in [5, 5.41) is 16.6. The van der Waals surface area contributed by atoms with Crippen LogP contribution in [0.25, 0.3) is 49.1 Å². The molecule has 0 aliphatic heterocycles. The van der Waals surface area contributed by atoms with Crippen molar-refractivity contribution in [3.8, 4) is 11.5 Å². The molecule has 0 radical (unpaired) electrons. The number of nitrogens with zero attached hydrogens (tertiary/aromatic N) is 3. The second kappa shape index (κ2) is 10.2. The number of rotatable bonds is 8. The maximum absolute atomic E-state index is 13.1. The molecular weight excluding hydrogens is 530 g/mol. The molecule has 7 aromatic rings. The Hall–Kier alpha value is -5.44. The van der Waals surface area contributed by atoms with Crippen LogP contribution in [0.4, 0.5) is 0 Å². The molecule has 2 aromatic heterocycles. The standard InChI is InChI=1S/C33H27N5O4/c1-41-22-15-21(16-23(17-22)42-2)33(40)35-14-13-34-29(39)19-37-27-11-3-4-12-28(27)38-30(37)18-26-24-9-5-7-20-8-6-10-25(31(20)24)32(26)36-38/h3-12,15-18H,13-14,19H2,1-2H3,(H-,34,35,39,40)/p+1. The van der Waals surface area contributed by atoms with Gasteiger partial charge in [0.15, 0.2) is 12.1 Å². The first-order chi connectivity index (χ1) is 20.6. The SMILES string of the molecule is COc1cc(OC)cc(C(=O)NCCNC(=O)C[n+]2c3ccccc3n3nc4c(cc32)c2cccc3cccc4c32)c1. The van der Waals surface area contributed by atoms with E-state index in [2.05, 4.69) is 53.1 Å². The van der Waals surface area contributed by atoms with Crippen LogP contribution in [0.5, 0.6) is 11.5 Å². The maximum Gasteiger partial charge on any atom is 0.309 e. The minimum atomic E-state index is -0.281. The van der Waals surface area contributed by atoms with E-state index in [0.29, 0.717) is 17.1 Å². The molecule has 9 nitrogen and oxygen atoms in total. The quantitative estimate of drug-likeness (QED) is 0.215. The van der Waals surface area contributed by atoms with Gasteiger partial charge in [0.2, 0.25) is 5.52 Å². The van der Waals surface area contributed by atoms with Crippen LogP contribution < -0.4 is 24.7 Å². The number of fused-ring (bicyclic) bond motifs is 6. The number of aromatic nitrogens is 3. The number of para-hydroxylation sites is 2. The van der Waals surface area contributed by atoms with Gasteiger partial charge in [-0.3, -0.25) is 9.59 Å². The molecule has 2 N–H and O–H groups in total. The zero-order valence-electron chi connectivity index (χ0n) is 23.2. The van der Waals surface area contributed by atoms with Crippen LogP contribution >= 0.6 is 0 Å². The second-order valence-corrected chi connectivity index (χ2v) is 10.2. The monoisotopic (exact) mass is 558 g/mol. The predicted octanol–water partition coefficient (Wildman–Crippen LogP) is 4.24. The van der Waals surface area contributed by atoms with Crippen LogP contribution in [0.1, 0.15) is 10.4 Å². The fourth-order valence-electron chi connectivity index (χ4n) is 5.78. The molecule has 0 unspecified atom stereocenters. The Labute approximate surface area is 240 Å². The van der Waals surface area contributed by atoms with E-state index in [1.807, 2.05) is 33.3 Å². The lowest BCUT2D eigenvalue weighted by atomic mass is 10.1. The van der Waals surface area contributed by atoms with Gasteiger partial charge in [-0.25, -0.2) is 4.57 Å².